The van der Waals surface area contributed by atoms with Crippen LogP contribution >= 0.6 is 0 Å². The summed E-state index contributed by atoms with van der Waals surface area (Å²) in [5, 5.41) is 0. The van der Waals surface area contributed by atoms with Crippen molar-refractivity contribution in [3.63, 3.8) is 0 Å². The summed E-state index contributed by atoms with van der Waals surface area (Å²) in [6, 6.07) is 14.6. The highest BCUT2D eigenvalue weighted by Gasteiger charge is 2.26. The quantitative estimate of drug-likeness (QED) is 0.425. The zero-order valence-electron chi connectivity index (χ0n) is 21.2. The predicted octanol–water partition coefficient (Wildman–Crippen LogP) is 6.17. The van der Waals surface area contributed by atoms with Crippen molar-refractivity contribution in [2.24, 2.45) is 5.92 Å². The summed E-state index contributed by atoms with van der Waals surface area (Å²) in [6.45, 7) is 11.8. The van der Waals surface area contributed by atoms with Crippen LogP contribution in [0.2, 0.25) is 0 Å². The third-order valence-electron chi connectivity index (χ3n) is 7.16. The van der Waals surface area contributed by atoms with Gasteiger partial charge in [-0.1, -0.05) is 57.0 Å². The van der Waals surface area contributed by atoms with Gasteiger partial charge < -0.3 is 9.80 Å². The zero-order chi connectivity index (χ0) is 24.1. The van der Waals surface area contributed by atoms with Gasteiger partial charge in [0.2, 0.25) is 5.91 Å². The van der Waals surface area contributed by atoms with Gasteiger partial charge in [-0.2, -0.15) is 0 Å². The normalized spacial score (nSPS) is 15.4. The molecule has 0 N–H and O–H groups in total. The van der Waals surface area contributed by atoms with E-state index < -0.39 is 0 Å². The monoisotopic (exact) mass is 458 g/mol. The lowest BCUT2D eigenvalue weighted by Gasteiger charge is -2.27. The van der Waals surface area contributed by atoms with E-state index in [1.807, 2.05) is 6.07 Å². The molecule has 5 nitrogen and oxygen atoms in total. The van der Waals surface area contributed by atoms with Crippen molar-refractivity contribution in [2.75, 3.05) is 31.1 Å². The van der Waals surface area contributed by atoms with Crippen molar-refractivity contribution in [3.05, 3.63) is 53.6 Å². The summed E-state index contributed by atoms with van der Waals surface area (Å²) in [5.41, 5.74) is 6.31. The minimum absolute atomic E-state index is 0.151. The van der Waals surface area contributed by atoms with Gasteiger partial charge in [-0.25, -0.2) is 9.97 Å². The molecule has 2 aromatic carbocycles. The van der Waals surface area contributed by atoms with Gasteiger partial charge in [-0.3, -0.25) is 4.79 Å². The lowest BCUT2D eigenvalue weighted by Crippen LogP contribution is -2.39. The Hall–Kier alpha value is -2.95. The van der Waals surface area contributed by atoms with E-state index in [4.69, 9.17) is 9.97 Å². The topological polar surface area (TPSA) is 49.3 Å². The van der Waals surface area contributed by atoms with Gasteiger partial charge in [-0.15, -0.1) is 0 Å². The molecule has 34 heavy (non-hydrogen) atoms. The fourth-order valence-corrected chi connectivity index (χ4v) is 4.87. The van der Waals surface area contributed by atoms with Gasteiger partial charge in [0.25, 0.3) is 0 Å². The number of amides is 1. The number of benzene rings is 2. The molecule has 0 saturated carbocycles. The Morgan fingerprint density at radius 2 is 1.65 bits per heavy atom. The number of hydrogen-bond donors (Lipinski definition) is 0. The van der Waals surface area contributed by atoms with Crippen LogP contribution in [0.1, 0.15) is 57.1 Å². The molecular formula is C29H38N4O. The smallest absolute Gasteiger partial charge is 0.225 e. The predicted molar refractivity (Wildman–Crippen MR) is 141 cm³/mol. The molecule has 1 saturated heterocycles. The number of hydrogen-bond acceptors (Lipinski definition) is 4. The van der Waals surface area contributed by atoms with Crippen molar-refractivity contribution < 1.29 is 4.79 Å². The second-order valence-electron chi connectivity index (χ2n) is 9.60. The van der Waals surface area contributed by atoms with E-state index in [-0.39, 0.29) is 5.92 Å². The first-order valence-electron chi connectivity index (χ1n) is 12.9. The van der Waals surface area contributed by atoms with Gasteiger partial charge >= 0.3 is 0 Å². The maximum absolute atomic E-state index is 13.2. The van der Waals surface area contributed by atoms with E-state index in [2.05, 4.69) is 73.9 Å². The molecule has 0 spiro atoms. The van der Waals surface area contributed by atoms with Crippen LogP contribution in [-0.4, -0.2) is 47.0 Å². The highest BCUT2D eigenvalue weighted by Crippen LogP contribution is 2.31. The van der Waals surface area contributed by atoms with Gasteiger partial charge in [0, 0.05) is 37.7 Å². The number of aryl methyl sites for hydroxylation is 2. The van der Waals surface area contributed by atoms with Crippen LogP contribution in [0.4, 0.5) is 5.82 Å². The van der Waals surface area contributed by atoms with Crippen molar-refractivity contribution in [3.8, 4) is 11.3 Å². The number of carbonyl (C=O) groups excluding carboxylic acids is 1. The first-order chi connectivity index (χ1) is 16.5. The molecule has 1 atom stereocenters. The molecule has 1 aliphatic heterocycles. The molecule has 5 heteroatoms. The standard InChI is InChI=1S/C29H38N4O/c1-5-7-12-23(6-2)29(34)33-16-11-15-32(17-18-33)28-27(24-13-9-8-10-14-24)30-25-19-21(3)22(4)20-26(25)31-28/h8-10,13-14,19-20,23H,5-7,11-12,15-18H2,1-4H3. The summed E-state index contributed by atoms with van der Waals surface area (Å²) < 4.78 is 0. The third-order valence-corrected chi connectivity index (χ3v) is 7.16. The number of carbonyl (C=O) groups is 1. The molecule has 3 aromatic rings. The van der Waals surface area contributed by atoms with Crippen molar-refractivity contribution >= 4 is 22.8 Å². The largest absolute Gasteiger partial charge is 0.353 e. The summed E-state index contributed by atoms with van der Waals surface area (Å²) in [5.74, 6) is 1.41. The summed E-state index contributed by atoms with van der Waals surface area (Å²) in [7, 11) is 0. The molecule has 1 fully saturated rings. The van der Waals surface area contributed by atoms with Crippen LogP contribution in [0.25, 0.3) is 22.3 Å². The molecule has 2 heterocycles. The molecule has 1 aliphatic rings. The zero-order valence-corrected chi connectivity index (χ0v) is 21.2. The molecule has 0 aliphatic carbocycles. The van der Waals surface area contributed by atoms with Crippen LogP contribution in [0.3, 0.4) is 0 Å². The number of unbranched alkanes of at least 4 members (excludes halogenated alkanes) is 1. The van der Waals surface area contributed by atoms with E-state index >= 15 is 0 Å². The molecule has 180 valence electrons. The number of anilines is 1. The number of nitrogens with zero attached hydrogens (tertiary/aromatic N) is 4. The van der Waals surface area contributed by atoms with Gasteiger partial charge in [0.1, 0.15) is 5.69 Å². The number of rotatable bonds is 7. The Kier molecular flexibility index (Phi) is 7.81. The fourth-order valence-electron chi connectivity index (χ4n) is 4.87. The molecule has 1 aromatic heterocycles. The van der Waals surface area contributed by atoms with E-state index in [1.165, 1.54) is 11.1 Å². The minimum Gasteiger partial charge on any atom is -0.353 e. The average molecular weight is 459 g/mol. The van der Waals surface area contributed by atoms with Crippen LogP contribution in [0.5, 0.6) is 0 Å². The first-order valence-corrected chi connectivity index (χ1v) is 12.9. The Morgan fingerprint density at radius 1 is 0.941 bits per heavy atom. The second-order valence-corrected chi connectivity index (χ2v) is 9.60. The SMILES string of the molecule is CCCCC(CC)C(=O)N1CCCN(c2nc3cc(C)c(C)cc3nc2-c2ccccc2)CC1. The second kappa shape index (κ2) is 11.0. The van der Waals surface area contributed by atoms with Crippen LogP contribution in [-0.2, 0) is 4.79 Å². The molecule has 0 radical (unpaired) electrons. The molecule has 0 bridgehead atoms. The van der Waals surface area contributed by atoms with E-state index in [1.54, 1.807) is 0 Å². The Bertz CT molecular complexity index is 1130. The highest BCUT2D eigenvalue weighted by molar-refractivity contribution is 5.85. The van der Waals surface area contributed by atoms with Crippen LogP contribution < -0.4 is 4.90 Å². The number of fused-ring (bicyclic) bond motifs is 1. The number of aromatic nitrogens is 2. The first kappa shape index (κ1) is 24.2. The van der Waals surface area contributed by atoms with E-state index in [9.17, 15) is 4.79 Å². The summed E-state index contributed by atoms with van der Waals surface area (Å²) >= 11 is 0. The summed E-state index contributed by atoms with van der Waals surface area (Å²) in [6.07, 6.45) is 5.12. The molecular weight excluding hydrogens is 420 g/mol. The van der Waals surface area contributed by atoms with Crippen LogP contribution in [0.15, 0.2) is 42.5 Å². The Morgan fingerprint density at radius 3 is 2.32 bits per heavy atom. The van der Waals surface area contributed by atoms with Crippen LogP contribution in [0, 0.1) is 19.8 Å². The van der Waals surface area contributed by atoms with Gasteiger partial charge in [0.05, 0.1) is 11.0 Å². The molecule has 1 amide bonds. The Balaban J connectivity index is 1.65. The summed E-state index contributed by atoms with van der Waals surface area (Å²) in [4.78, 5) is 27.9. The molecule has 4 rings (SSSR count). The lowest BCUT2D eigenvalue weighted by atomic mass is 9.97. The van der Waals surface area contributed by atoms with E-state index in [0.717, 1.165) is 86.4 Å². The fraction of sp³-hybridized carbons (Fsp3) is 0.483. The maximum Gasteiger partial charge on any atom is 0.225 e. The van der Waals surface area contributed by atoms with Crippen molar-refractivity contribution in [1.29, 1.82) is 0 Å². The van der Waals surface area contributed by atoms with Crippen molar-refractivity contribution in [1.82, 2.24) is 14.9 Å². The minimum atomic E-state index is 0.151. The average Bonchev–Trinajstić information content (AvgIpc) is 3.11. The highest BCUT2D eigenvalue weighted by atomic mass is 16.2. The van der Waals surface area contributed by atoms with E-state index in [0.29, 0.717) is 5.91 Å². The van der Waals surface area contributed by atoms with Gasteiger partial charge in [-0.05, 0) is 56.4 Å². The van der Waals surface area contributed by atoms with Crippen molar-refractivity contribution in [2.45, 2.75) is 59.8 Å². The maximum atomic E-state index is 13.2. The van der Waals surface area contributed by atoms with Gasteiger partial charge in [0.15, 0.2) is 5.82 Å². The Labute approximate surface area is 204 Å². The lowest BCUT2D eigenvalue weighted by molar-refractivity contribution is -0.135. The third kappa shape index (κ3) is 5.24. The molecule has 1 unspecified atom stereocenters.